The van der Waals surface area contributed by atoms with Gasteiger partial charge >= 0.3 is 0 Å². The number of hydrogen-bond donors (Lipinski definition) is 2. The van der Waals surface area contributed by atoms with Crippen molar-refractivity contribution in [1.82, 2.24) is 15.1 Å². The van der Waals surface area contributed by atoms with Crippen molar-refractivity contribution in [3.8, 4) is 0 Å². The van der Waals surface area contributed by atoms with E-state index in [9.17, 15) is 4.79 Å². The first kappa shape index (κ1) is 15.3. The van der Waals surface area contributed by atoms with Crippen LogP contribution in [0.15, 0.2) is 0 Å². The third-order valence-electron chi connectivity index (χ3n) is 5.69. The second kappa shape index (κ2) is 6.23. The molecule has 1 amide bonds. The Morgan fingerprint density at radius 1 is 1.24 bits per heavy atom. The van der Waals surface area contributed by atoms with Gasteiger partial charge in [-0.15, -0.1) is 0 Å². The maximum Gasteiger partial charge on any atom is 0.238 e. The predicted molar refractivity (Wildman–Crippen MR) is 84.0 cm³/mol. The number of piperazine rings is 1. The van der Waals surface area contributed by atoms with Gasteiger partial charge in [-0.25, -0.2) is 0 Å². The summed E-state index contributed by atoms with van der Waals surface area (Å²) in [5.74, 6) is 0.311. The SMILES string of the molecule is CN1CCN(CCC2CCCC2(NC2CC2)C(N)=O)CC1. The molecule has 1 aliphatic heterocycles. The molecule has 0 bridgehead atoms. The molecule has 0 spiro atoms. The van der Waals surface area contributed by atoms with E-state index in [0.717, 1.165) is 58.4 Å². The number of likely N-dealkylation sites (N-methyl/N-ethyl adjacent to an activating group) is 1. The lowest BCUT2D eigenvalue weighted by molar-refractivity contribution is -0.126. The van der Waals surface area contributed by atoms with E-state index in [1.165, 1.54) is 12.8 Å². The molecule has 0 aromatic carbocycles. The highest BCUT2D eigenvalue weighted by Gasteiger charge is 2.49. The Kier molecular flexibility index (Phi) is 4.52. The van der Waals surface area contributed by atoms with Crippen LogP contribution < -0.4 is 11.1 Å². The minimum atomic E-state index is -0.409. The molecule has 3 fully saturated rings. The van der Waals surface area contributed by atoms with Gasteiger partial charge in [-0.1, -0.05) is 6.42 Å². The Labute approximate surface area is 128 Å². The van der Waals surface area contributed by atoms with Crippen LogP contribution in [0.5, 0.6) is 0 Å². The lowest BCUT2D eigenvalue weighted by Gasteiger charge is -2.37. The summed E-state index contributed by atoms with van der Waals surface area (Å²) in [6.45, 7) is 5.74. The fourth-order valence-corrected chi connectivity index (χ4v) is 4.06. The normalized spacial score (nSPS) is 35.2. The van der Waals surface area contributed by atoms with Crippen molar-refractivity contribution in [2.45, 2.75) is 50.1 Å². The van der Waals surface area contributed by atoms with Crippen molar-refractivity contribution in [3.63, 3.8) is 0 Å². The maximum absolute atomic E-state index is 12.1. The molecule has 0 radical (unpaired) electrons. The molecular weight excluding hydrogens is 264 g/mol. The smallest absolute Gasteiger partial charge is 0.238 e. The van der Waals surface area contributed by atoms with Gasteiger partial charge in [-0.3, -0.25) is 4.79 Å². The van der Waals surface area contributed by atoms with Crippen molar-refractivity contribution in [3.05, 3.63) is 0 Å². The van der Waals surface area contributed by atoms with E-state index >= 15 is 0 Å². The summed E-state index contributed by atoms with van der Waals surface area (Å²) >= 11 is 0. The summed E-state index contributed by atoms with van der Waals surface area (Å²) < 4.78 is 0. The van der Waals surface area contributed by atoms with E-state index in [1.54, 1.807) is 0 Å². The van der Waals surface area contributed by atoms with Gasteiger partial charge in [0.15, 0.2) is 0 Å². The molecule has 2 atom stereocenters. The number of nitrogens with two attached hydrogens (primary N) is 1. The molecule has 21 heavy (non-hydrogen) atoms. The Bertz CT molecular complexity index is 376. The number of nitrogens with one attached hydrogen (secondary N) is 1. The number of primary amides is 1. The molecule has 0 aromatic heterocycles. The monoisotopic (exact) mass is 294 g/mol. The first-order chi connectivity index (χ1) is 10.1. The highest BCUT2D eigenvalue weighted by atomic mass is 16.1. The van der Waals surface area contributed by atoms with Crippen molar-refractivity contribution in [1.29, 1.82) is 0 Å². The summed E-state index contributed by atoms with van der Waals surface area (Å²) in [6, 6.07) is 0.543. The number of nitrogens with zero attached hydrogens (tertiary/aromatic N) is 2. The molecule has 3 N–H and O–H groups in total. The van der Waals surface area contributed by atoms with Crippen molar-refractivity contribution >= 4 is 5.91 Å². The number of rotatable bonds is 6. The molecule has 3 rings (SSSR count). The lowest BCUT2D eigenvalue weighted by Crippen LogP contribution is -2.59. The molecule has 2 saturated carbocycles. The minimum Gasteiger partial charge on any atom is -0.368 e. The van der Waals surface area contributed by atoms with E-state index < -0.39 is 5.54 Å². The zero-order chi connectivity index (χ0) is 14.9. The van der Waals surface area contributed by atoms with Gasteiger partial charge in [0.25, 0.3) is 0 Å². The van der Waals surface area contributed by atoms with E-state index in [0.29, 0.717) is 12.0 Å². The molecular formula is C16H30N4O. The van der Waals surface area contributed by atoms with Crippen LogP contribution in [0.1, 0.15) is 38.5 Å². The van der Waals surface area contributed by atoms with Gasteiger partial charge in [0.1, 0.15) is 5.54 Å². The highest BCUT2D eigenvalue weighted by Crippen LogP contribution is 2.40. The zero-order valence-corrected chi connectivity index (χ0v) is 13.3. The van der Waals surface area contributed by atoms with Gasteiger partial charge in [0.2, 0.25) is 5.91 Å². The zero-order valence-electron chi connectivity index (χ0n) is 13.3. The van der Waals surface area contributed by atoms with E-state index in [2.05, 4.69) is 22.2 Å². The Hall–Kier alpha value is -0.650. The van der Waals surface area contributed by atoms with E-state index in [1.807, 2.05) is 0 Å². The topological polar surface area (TPSA) is 61.6 Å². The van der Waals surface area contributed by atoms with Gasteiger partial charge in [-0.2, -0.15) is 0 Å². The first-order valence-corrected chi connectivity index (χ1v) is 8.59. The quantitative estimate of drug-likeness (QED) is 0.744. The lowest BCUT2D eigenvalue weighted by atomic mass is 9.83. The Balaban J connectivity index is 1.56. The van der Waals surface area contributed by atoms with Crippen LogP contribution in [-0.4, -0.2) is 67.1 Å². The summed E-state index contributed by atoms with van der Waals surface area (Å²) in [6.07, 6.45) is 6.74. The third kappa shape index (κ3) is 3.41. The summed E-state index contributed by atoms with van der Waals surface area (Å²) in [4.78, 5) is 17.1. The Morgan fingerprint density at radius 3 is 2.57 bits per heavy atom. The number of carbonyl (C=O) groups excluding carboxylic acids is 1. The predicted octanol–water partition coefficient (Wildman–Crippen LogP) is 0.400. The van der Waals surface area contributed by atoms with Crippen molar-refractivity contribution < 1.29 is 4.79 Å². The second-order valence-electron chi connectivity index (χ2n) is 7.28. The maximum atomic E-state index is 12.1. The van der Waals surface area contributed by atoms with Crippen molar-refractivity contribution in [2.24, 2.45) is 11.7 Å². The molecule has 5 heteroatoms. The van der Waals surface area contributed by atoms with Crippen molar-refractivity contribution in [2.75, 3.05) is 39.8 Å². The number of carbonyl (C=O) groups is 1. The minimum absolute atomic E-state index is 0.115. The first-order valence-electron chi connectivity index (χ1n) is 8.59. The molecule has 0 aromatic rings. The van der Waals surface area contributed by atoms with Gasteiger partial charge < -0.3 is 20.9 Å². The van der Waals surface area contributed by atoms with Crippen LogP contribution in [0.3, 0.4) is 0 Å². The number of hydrogen-bond acceptors (Lipinski definition) is 4. The summed E-state index contributed by atoms with van der Waals surface area (Å²) in [5, 5.41) is 3.61. The molecule has 1 heterocycles. The molecule has 3 aliphatic rings. The van der Waals surface area contributed by atoms with Crippen LogP contribution in [0.4, 0.5) is 0 Å². The molecule has 120 valence electrons. The van der Waals surface area contributed by atoms with Gasteiger partial charge in [0, 0.05) is 32.2 Å². The summed E-state index contributed by atoms with van der Waals surface area (Å²) in [5.41, 5.74) is 5.40. The highest BCUT2D eigenvalue weighted by molar-refractivity contribution is 5.85. The fourth-order valence-electron chi connectivity index (χ4n) is 4.06. The average molecular weight is 294 g/mol. The van der Waals surface area contributed by atoms with Crippen LogP contribution in [0, 0.1) is 5.92 Å². The molecule has 2 unspecified atom stereocenters. The van der Waals surface area contributed by atoms with Gasteiger partial charge in [-0.05, 0) is 51.6 Å². The van der Waals surface area contributed by atoms with Crippen LogP contribution in [0.25, 0.3) is 0 Å². The molecule has 2 aliphatic carbocycles. The van der Waals surface area contributed by atoms with Crippen LogP contribution in [0.2, 0.25) is 0 Å². The van der Waals surface area contributed by atoms with E-state index in [4.69, 9.17) is 5.73 Å². The second-order valence-corrected chi connectivity index (χ2v) is 7.28. The standard InChI is InChI=1S/C16H30N4O/c1-19-9-11-20(12-10-19)8-6-13-3-2-7-16(13,15(17)21)18-14-4-5-14/h13-14,18H,2-12H2,1H3,(H2,17,21). The average Bonchev–Trinajstić information content (AvgIpc) is 3.17. The molecule has 5 nitrogen and oxygen atoms in total. The summed E-state index contributed by atoms with van der Waals surface area (Å²) in [7, 11) is 2.19. The van der Waals surface area contributed by atoms with Gasteiger partial charge in [0.05, 0.1) is 0 Å². The van der Waals surface area contributed by atoms with E-state index in [-0.39, 0.29) is 5.91 Å². The van der Waals surface area contributed by atoms with Crippen LogP contribution in [-0.2, 0) is 4.79 Å². The Morgan fingerprint density at radius 2 is 1.95 bits per heavy atom. The fraction of sp³-hybridized carbons (Fsp3) is 0.938. The van der Waals surface area contributed by atoms with Crippen LogP contribution >= 0.6 is 0 Å². The largest absolute Gasteiger partial charge is 0.368 e. The molecule has 1 saturated heterocycles. The third-order valence-corrected chi connectivity index (χ3v) is 5.69. The number of amides is 1.